The van der Waals surface area contributed by atoms with Crippen LogP contribution in [0.2, 0.25) is 0 Å². The van der Waals surface area contributed by atoms with Gasteiger partial charge in [0.25, 0.3) is 0 Å². The molecule has 0 saturated heterocycles. The molecule has 0 fully saturated rings. The fraction of sp³-hybridized carbons (Fsp3) is 0.889. The van der Waals surface area contributed by atoms with E-state index in [2.05, 4.69) is 0 Å². The lowest BCUT2D eigenvalue weighted by Gasteiger charge is -2.27. The summed E-state index contributed by atoms with van der Waals surface area (Å²) >= 11 is 0. The molecular weight excluding hydrogens is 184 g/mol. The van der Waals surface area contributed by atoms with E-state index in [1.165, 1.54) is 0 Å². The molecule has 0 saturated carbocycles. The van der Waals surface area contributed by atoms with Crippen molar-refractivity contribution in [2.45, 2.75) is 25.8 Å². The number of carbonyl (C=O) groups excluding carboxylic acids is 1. The Kier molecular flexibility index (Phi) is 7.37. The van der Waals surface area contributed by atoms with E-state index in [-0.39, 0.29) is 19.3 Å². The van der Waals surface area contributed by atoms with Crippen molar-refractivity contribution in [1.29, 1.82) is 0 Å². The number of primary amides is 1. The molecule has 0 aromatic heterocycles. The summed E-state index contributed by atoms with van der Waals surface area (Å²) in [6, 6.07) is -0.376. The van der Waals surface area contributed by atoms with Gasteiger partial charge in [0.2, 0.25) is 5.91 Å². The molecule has 0 aliphatic rings. The van der Waals surface area contributed by atoms with Gasteiger partial charge in [-0.15, -0.1) is 0 Å². The number of aliphatic hydroxyl groups excluding tert-OH is 2. The van der Waals surface area contributed by atoms with Crippen LogP contribution in [0.25, 0.3) is 0 Å². The van der Waals surface area contributed by atoms with Crippen LogP contribution in [-0.4, -0.2) is 53.4 Å². The van der Waals surface area contributed by atoms with Gasteiger partial charge in [-0.3, -0.25) is 9.69 Å². The standard InChI is InChI=1S/C9H20N2O3/c1-2-3-8(9(10)14)11(4-6-12)5-7-13/h8,12-13H,2-7H2,1H3,(H2,10,14). The summed E-state index contributed by atoms with van der Waals surface area (Å²) < 4.78 is 0. The molecular formula is C9H20N2O3. The third-order valence-electron chi connectivity index (χ3n) is 2.11. The highest BCUT2D eigenvalue weighted by Gasteiger charge is 2.21. The van der Waals surface area contributed by atoms with Gasteiger partial charge in [-0.05, 0) is 6.42 Å². The summed E-state index contributed by atoms with van der Waals surface area (Å²) in [5.41, 5.74) is 5.24. The Balaban J connectivity index is 4.29. The highest BCUT2D eigenvalue weighted by Crippen LogP contribution is 2.05. The van der Waals surface area contributed by atoms with E-state index in [0.717, 1.165) is 6.42 Å². The number of carbonyl (C=O) groups is 1. The molecule has 1 atom stereocenters. The Hall–Kier alpha value is -0.650. The van der Waals surface area contributed by atoms with E-state index in [1.54, 1.807) is 4.90 Å². The van der Waals surface area contributed by atoms with Crippen LogP contribution in [0.5, 0.6) is 0 Å². The van der Waals surface area contributed by atoms with Crippen molar-refractivity contribution in [1.82, 2.24) is 4.90 Å². The summed E-state index contributed by atoms with van der Waals surface area (Å²) in [4.78, 5) is 12.8. The molecule has 0 spiro atoms. The maximum Gasteiger partial charge on any atom is 0.234 e. The first-order chi connectivity index (χ1) is 6.67. The maximum atomic E-state index is 11.1. The van der Waals surface area contributed by atoms with Crippen LogP contribution in [-0.2, 0) is 4.79 Å². The van der Waals surface area contributed by atoms with Crippen LogP contribution >= 0.6 is 0 Å². The Labute approximate surface area is 84.5 Å². The molecule has 0 aliphatic heterocycles. The second-order valence-electron chi connectivity index (χ2n) is 3.19. The minimum atomic E-state index is -0.395. The minimum absolute atomic E-state index is 0.0342. The number of nitrogens with two attached hydrogens (primary N) is 1. The molecule has 14 heavy (non-hydrogen) atoms. The second kappa shape index (κ2) is 7.73. The summed E-state index contributed by atoms with van der Waals surface area (Å²) in [7, 11) is 0. The Morgan fingerprint density at radius 2 is 1.86 bits per heavy atom. The number of hydrogen-bond acceptors (Lipinski definition) is 4. The molecule has 0 rings (SSSR count). The van der Waals surface area contributed by atoms with Gasteiger partial charge in [0.05, 0.1) is 19.3 Å². The number of aliphatic hydroxyl groups is 2. The van der Waals surface area contributed by atoms with Crippen molar-refractivity contribution in [2.24, 2.45) is 5.73 Å². The molecule has 1 amide bonds. The fourth-order valence-electron chi connectivity index (χ4n) is 1.46. The lowest BCUT2D eigenvalue weighted by molar-refractivity contribution is -0.123. The zero-order valence-electron chi connectivity index (χ0n) is 8.65. The van der Waals surface area contributed by atoms with E-state index >= 15 is 0 Å². The van der Waals surface area contributed by atoms with Crippen LogP contribution in [0.1, 0.15) is 19.8 Å². The van der Waals surface area contributed by atoms with E-state index in [9.17, 15) is 4.79 Å². The van der Waals surface area contributed by atoms with Crippen LogP contribution in [0, 0.1) is 0 Å². The van der Waals surface area contributed by atoms with Crippen molar-refractivity contribution >= 4 is 5.91 Å². The van der Waals surface area contributed by atoms with Crippen molar-refractivity contribution in [3.05, 3.63) is 0 Å². The van der Waals surface area contributed by atoms with E-state index in [4.69, 9.17) is 15.9 Å². The van der Waals surface area contributed by atoms with Crippen molar-refractivity contribution < 1.29 is 15.0 Å². The van der Waals surface area contributed by atoms with E-state index in [0.29, 0.717) is 19.5 Å². The molecule has 0 bridgehead atoms. The third kappa shape index (κ3) is 4.55. The predicted molar refractivity (Wildman–Crippen MR) is 53.6 cm³/mol. The van der Waals surface area contributed by atoms with Gasteiger partial charge >= 0.3 is 0 Å². The number of hydrogen-bond donors (Lipinski definition) is 3. The summed E-state index contributed by atoms with van der Waals surface area (Å²) in [6.45, 7) is 2.63. The number of amides is 1. The molecule has 5 heteroatoms. The molecule has 0 aromatic carbocycles. The lowest BCUT2D eigenvalue weighted by atomic mass is 10.1. The van der Waals surface area contributed by atoms with E-state index in [1.807, 2.05) is 6.92 Å². The number of rotatable bonds is 8. The molecule has 0 aromatic rings. The molecule has 84 valence electrons. The first-order valence-electron chi connectivity index (χ1n) is 4.92. The average Bonchev–Trinajstić information content (AvgIpc) is 2.13. The minimum Gasteiger partial charge on any atom is -0.395 e. The van der Waals surface area contributed by atoms with Crippen LogP contribution in [0.4, 0.5) is 0 Å². The zero-order chi connectivity index (χ0) is 11.0. The Morgan fingerprint density at radius 3 is 2.14 bits per heavy atom. The lowest BCUT2D eigenvalue weighted by Crippen LogP contribution is -2.47. The van der Waals surface area contributed by atoms with Gasteiger partial charge in [0, 0.05) is 13.1 Å². The fourth-order valence-corrected chi connectivity index (χ4v) is 1.46. The molecule has 4 N–H and O–H groups in total. The summed E-state index contributed by atoms with van der Waals surface area (Å²) in [5.74, 6) is -0.395. The predicted octanol–water partition coefficient (Wildman–Crippen LogP) is -1.07. The van der Waals surface area contributed by atoms with Gasteiger partial charge in [0.1, 0.15) is 0 Å². The van der Waals surface area contributed by atoms with Crippen molar-refractivity contribution in [3.63, 3.8) is 0 Å². The Bertz CT molecular complexity index is 158. The quantitative estimate of drug-likeness (QED) is 0.470. The van der Waals surface area contributed by atoms with Crippen LogP contribution < -0.4 is 5.73 Å². The second-order valence-corrected chi connectivity index (χ2v) is 3.19. The normalized spacial score (nSPS) is 13.1. The molecule has 5 nitrogen and oxygen atoms in total. The third-order valence-corrected chi connectivity index (χ3v) is 2.11. The SMILES string of the molecule is CCCC(C(N)=O)N(CCO)CCO. The molecule has 0 radical (unpaired) electrons. The van der Waals surface area contributed by atoms with Crippen molar-refractivity contribution in [2.75, 3.05) is 26.3 Å². The van der Waals surface area contributed by atoms with E-state index < -0.39 is 5.91 Å². The smallest absolute Gasteiger partial charge is 0.234 e. The maximum absolute atomic E-state index is 11.1. The van der Waals surface area contributed by atoms with Gasteiger partial charge in [-0.2, -0.15) is 0 Å². The first-order valence-corrected chi connectivity index (χ1v) is 4.92. The Morgan fingerprint density at radius 1 is 1.36 bits per heavy atom. The van der Waals surface area contributed by atoms with Crippen LogP contribution in [0.3, 0.4) is 0 Å². The van der Waals surface area contributed by atoms with Gasteiger partial charge in [0.15, 0.2) is 0 Å². The zero-order valence-corrected chi connectivity index (χ0v) is 8.65. The summed E-state index contributed by atoms with van der Waals surface area (Å²) in [5, 5.41) is 17.6. The monoisotopic (exact) mass is 204 g/mol. The van der Waals surface area contributed by atoms with Crippen LogP contribution in [0.15, 0.2) is 0 Å². The van der Waals surface area contributed by atoms with Gasteiger partial charge in [-0.1, -0.05) is 13.3 Å². The van der Waals surface area contributed by atoms with Crippen molar-refractivity contribution in [3.8, 4) is 0 Å². The highest BCUT2D eigenvalue weighted by atomic mass is 16.3. The topological polar surface area (TPSA) is 86.8 Å². The molecule has 0 heterocycles. The van der Waals surface area contributed by atoms with Gasteiger partial charge in [-0.25, -0.2) is 0 Å². The van der Waals surface area contributed by atoms with Gasteiger partial charge < -0.3 is 15.9 Å². The number of nitrogens with zero attached hydrogens (tertiary/aromatic N) is 1. The average molecular weight is 204 g/mol. The first kappa shape index (κ1) is 13.4. The largest absolute Gasteiger partial charge is 0.395 e. The molecule has 1 unspecified atom stereocenters. The highest BCUT2D eigenvalue weighted by molar-refractivity contribution is 5.79. The molecule has 0 aliphatic carbocycles. The summed E-state index contributed by atoms with van der Waals surface area (Å²) in [6.07, 6.45) is 1.51.